The van der Waals surface area contributed by atoms with Crippen molar-refractivity contribution in [2.75, 3.05) is 19.0 Å². The van der Waals surface area contributed by atoms with Crippen molar-refractivity contribution in [3.05, 3.63) is 97.1 Å². The van der Waals surface area contributed by atoms with Gasteiger partial charge in [-0.1, -0.05) is 72.8 Å². The van der Waals surface area contributed by atoms with Crippen LogP contribution in [-0.2, 0) is 31.3 Å². The first-order valence-corrected chi connectivity index (χ1v) is 14.8. The second-order valence-electron chi connectivity index (χ2n) is 9.82. The van der Waals surface area contributed by atoms with Crippen LogP contribution in [0.3, 0.4) is 0 Å². The maximum Gasteiger partial charge on any atom is 0.309 e. The molecule has 0 aromatic heterocycles. The number of benzene rings is 2. The van der Waals surface area contributed by atoms with Gasteiger partial charge in [-0.25, -0.2) is 0 Å². The summed E-state index contributed by atoms with van der Waals surface area (Å²) in [5.41, 5.74) is 2.19. The van der Waals surface area contributed by atoms with Crippen LogP contribution in [0.25, 0.3) is 0 Å². The summed E-state index contributed by atoms with van der Waals surface area (Å²) in [6.45, 7) is 9.03. The molecular formula is C32H42N2O5S. The monoisotopic (exact) mass is 566 g/mol. The number of allylic oxidation sites excluding steroid dienone is 2. The summed E-state index contributed by atoms with van der Waals surface area (Å²) in [6.07, 6.45) is 4.62. The summed E-state index contributed by atoms with van der Waals surface area (Å²) in [6, 6.07) is 18.9. The molecule has 0 unspecified atom stereocenters. The maximum absolute atomic E-state index is 13.2. The molecule has 0 radical (unpaired) electrons. The fraction of sp³-hybridized carbons (Fsp3) is 0.406. The summed E-state index contributed by atoms with van der Waals surface area (Å²) in [5, 5.41) is 14.9. The largest absolute Gasteiger partial charge is 0.463 e. The zero-order chi connectivity index (χ0) is 29.2. The highest BCUT2D eigenvalue weighted by Gasteiger charge is 2.26. The van der Waals surface area contributed by atoms with Crippen LogP contribution in [0, 0.1) is 11.8 Å². The zero-order valence-corrected chi connectivity index (χ0v) is 24.1. The Hall–Kier alpha value is -3.36. The lowest BCUT2D eigenvalue weighted by atomic mass is 9.96. The van der Waals surface area contributed by atoms with Gasteiger partial charge in [-0.15, -0.1) is 13.2 Å². The van der Waals surface area contributed by atoms with Gasteiger partial charge in [0.05, 0.1) is 24.5 Å². The Kier molecular flexibility index (Phi) is 15.5. The molecule has 0 saturated carbocycles. The van der Waals surface area contributed by atoms with E-state index in [0.29, 0.717) is 25.0 Å². The van der Waals surface area contributed by atoms with E-state index in [9.17, 15) is 19.5 Å². The lowest BCUT2D eigenvalue weighted by Crippen LogP contribution is -2.45. The molecule has 2 aromatic rings. The van der Waals surface area contributed by atoms with Crippen LogP contribution >= 0.6 is 11.8 Å². The SMILES string of the molecule is C=CC[C@H](CC(=O)N[C@H](C)CO)C(=O)N[C@H](COC(=O)[C@H](CC=C)Cc1ccccc1)CSCc1ccccc1. The van der Waals surface area contributed by atoms with Crippen LogP contribution in [-0.4, -0.2) is 53.9 Å². The molecule has 0 fully saturated rings. The number of rotatable bonds is 19. The van der Waals surface area contributed by atoms with E-state index in [4.69, 9.17) is 4.74 Å². The van der Waals surface area contributed by atoms with Gasteiger partial charge in [0.15, 0.2) is 0 Å². The molecule has 4 atom stereocenters. The average molecular weight is 567 g/mol. The zero-order valence-electron chi connectivity index (χ0n) is 23.3. The molecule has 3 N–H and O–H groups in total. The fourth-order valence-electron chi connectivity index (χ4n) is 4.09. The van der Waals surface area contributed by atoms with Gasteiger partial charge in [0, 0.05) is 24.0 Å². The molecule has 0 saturated heterocycles. The molecule has 7 nitrogen and oxygen atoms in total. The predicted octanol–water partition coefficient (Wildman–Crippen LogP) is 4.46. The number of esters is 1. The van der Waals surface area contributed by atoms with Crippen molar-refractivity contribution in [3.63, 3.8) is 0 Å². The quantitative estimate of drug-likeness (QED) is 0.171. The van der Waals surface area contributed by atoms with Gasteiger partial charge in [-0.2, -0.15) is 11.8 Å². The molecule has 40 heavy (non-hydrogen) atoms. The lowest BCUT2D eigenvalue weighted by molar-refractivity contribution is -0.149. The first-order valence-electron chi connectivity index (χ1n) is 13.6. The first-order chi connectivity index (χ1) is 19.4. The molecule has 0 heterocycles. The van der Waals surface area contributed by atoms with Crippen molar-refractivity contribution >= 4 is 29.5 Å². The molecule has 8 heteroatoms. The van der Waals surface area contributed by atoms with Crippen molar-refractivity contribution < 1.29 is 24.2 Å². The van der Waals surface area contributed by atoms with E-state index in [1.807, 2.05) is 60.7 Å². The minimum Gasteiger partial charge on any atom is -0.463 e. The number of hydrogen-bond donors (Lipinski definition) is 3. The number of hydrogen-bond acceptors (Lipinski definition) is 6. The number of amides is 2. The number of nitrogens with one attached hydrogen (secondary N) is 2. The Labute approximate surface area is 242 Å². The Bertz CT molecular complexity index is 1060. The van der Waals surface area contributed by atoms with Gasteiger partial charge in [-0.3, -0.25) is 14.4 Å². The van der Waals surface area contributed by atoms with E-state index in [1.165, 1.54) is 0 Å². The third kappa shape index (κ3) is 12.7. The minimum atomic E-state index is -0.632. The second-order valence-corrected chi connectivity index (χ2v) is 10.9. The van der Waals surface area contributed by atoms with Crippen LogP contribution in [0.5, 0.6) is 0 Å². The number of ether oxygens (including phenoxy) is 1. The number of aliphatic hydroxyl groups excluding tert-OH is 1. The summed E-state index contributed by atoms with van der Waals surface area (Å²) < 4.78 is 5.74. The van der Waals surface area contributed by atoms with Crippen molar-refractivity contribution in [3.8, 4) is 0 Å². The second kappa shape index (κ2) is 18.8. The van der Waals surface area contributed by atoms with Gasteiger partial charge in [0.1, 0.15) is 6.61 Å². The van der Waals surface area contributed by atoms with Crippen LogP contribution in [0.4, 0.5) is 0 Å². The fourth-order valence-corrected chi connectivity index (χ4v) is 5.10. The Morgan fingerprint density at radius 1 is 0.925 bits per heavy atom. The molecular weight excluding hydrogens is 524 g/mol. The Balaban J connectivity index is 2.06. The molecule has 216 valence electrons. The van der Waals surface area contributed by atoms with Gasteiger partial charge < -0.3 is 20.5 Å². The summed E-state index contributed by atoms with van der Waals surface area (Å²) in [5.74, 6) is -0.709. The van der Waals surface area contributed by atoms with Crippen molar-refractivity contribution in [1.82, 2.24) is 10.6 Å². The van der Waals surface area contributed by atoms with Gasteiger partial charge in [0.25, 0.3) is 0 Å². The van der Waals surface area contributed by atoms with E-state index >= 15 is 0 Å². The minimum absolute atomic E-state index is 0.0172. The van der Waals surface area contributed by atoms with Gasteiger partial charge >= 0.3 is 5.97 Å². The summed E-state index contributed by atoms with van der Waals surface area (Å²) >= 11 is 1.63. The third-order valence-electron chi connectivity index (χ3n) is 6.25. The number of carbonyl (C=O) groups is 3. The summed E-state index contributed by atoms with van der Waals surface area (Å²) in [4.78, 5) is 38.7. The number of thioether (sulfide) groups is 1. The normalized spacial score (nSPS) is 13.8. The van der Waals surface area contributed by atoms with E-state index in [1.54, 1.807) is 30.8 Å². The molecule has 0 aliphatic carbocycles. The van der Waals surface area contributed by atoms with Crippen LogP contribution in [0.15, 0.2) is 86.0 Å². The van der Waals surface area contributed by atoms with Crippen molar-refractivity contribution in [2.24, 2.45) is 11.8 Å². The standard InChI is InChI=1S/C32H42N2O5S/c1-4-12-27(19-30(36)33-24(3)20-35)31(37)34-29(23-40-22-26-16-10-7-11-17-26)21-39-32(38)28(13-5-2)18-25-14-8-6-9-15-25/h4-11,14-17,24,27-29,35H,1-2,12-13,18-23H2,3H3,(H,33,36)(H,34,37)/t24-,27-,28-,29-/m1/s1. The van der Waals surface area contributed by atoms with E-state index in [0.717, 1.165) is 16.9 Å². The molecule has 2 aromatic carbocycles. The molecule has 2 amide bonds. The Morgan fingerprint density at radius 2 is 1.52 bits per heavy atom. The van der Waals surface area contributed by atoms with Crippen LogP contribution in [0.1, 0.15) is 37.3 Å². The van der Waals surface area contributed by atoms with E-state index < -0.39 is 18.0 Å². The van der Waals surface area contributed by atoms with Crippen LogP contribution in [0.2, 0.25) is 0 Å². The molecule has 0 bridgehead atoms. The molecule has 2 rings (SSSR count). The highest BCUT2D eigenvalue weighted by atomic mass is 32.2. The topological polar surface area (TPSA) is 105 Å². The van der Waals surface area contributed by atoms with Gasteiger partial charge in [-0.05, 0) is 37.3 Å². The molecule has 0 aliphatic rings. The summed E-state index contributed by atoms with van der Waals surface area (Å²) in [7, 11) is 0. The van der Waals surface area contributed by atoms with Gasteiger partial charge in [0.2, 0.25) is 11.8 Å². The average Bonchev–Trinajstić information content (AvgIpc) is 2.96. The van der Waals surface area contributed by atoms with Crippen molar-refractivity contribution in [1.29, 1.82) is 0 Å². The smallest absolute Gasteiger partial charge is 0.309 e. The molecule has 0 aliphatic heterocycles. The van der Waals surface area contributed by atoms with Crippen molar-refractivity contribution in [2.45, 2.75) is 50.4 Å². The van der Waals surface area contributed by atoms with E-state index in [2.05, 4.69) is 23.8 Å². The first kappa shape index (κ1) is 32.8. The maximum atomic E-state index is 13.2. The third-order valence-corrected chi connectivity index (χ3v) is 7.42. The highest BCUT2D eigenvalue weighted by Crippen LogP contribution is 2.18. The number of aliphatic hydroxyl groups is 1. The number of carbonyl (C=O) groups excluding carboxylic acids is 3. The lowest BCUT2D eigenvalue weighted by Gasteiger charge is -2.23. The Morgan fingerprint density at radius 3 is 2.12 bits per heavy atom. The highest BCUT2D eigenvalue weighted by molar-refractivity contribution is 7.98. The predicted molar refractivity (Wildman–Crippen MR) is 162 cm³/mol. The van der Waals surface area contributed by atoms with Crippen LogP contribution < -0.4 is 10.6 Å². The van der Waals surface area contributed by atoms with E-state index in [-0.39, 0.29) is 43.3 Å². The molecule has 0 spiro atoms.